The summed E-state index contributed by atoms with van der Waals surface area (Å²) < 4.78 is 11.1. The van der Waals surface area contributed by atoms with Crippen molar-refractivity contribution in [2.24, 2.45) is 0 Å². The van der Waals surface area contributed by atoms with Crippen LogP contribution in [0.2, 0.25) is 0 Å². The van der Waals surface area contributed by atoms with Crippen LogP contribution in [0.15, 0.2) is 57.7 Å². The lowest BCUT2D eigenvalue weighted by Gasteiger charge is -2.09. The molecule has 0 fully saturated rings. The summed E-state index contributed by atoms with van der Waals surface area (Å²) in [7, 11) is 0. The third kappa shape index (κ3) is 3.62. The van der Waals surface area contributed by atoms with E-state index in [0.29, 0.717) is 17.9 Å². The average Bonchev–Trinajstić information content (AvgIpc) is 2.54. The smallest absolute Gasteiger partial charge is 0.336 e. The fourth-order valence-corrected chi connectivity index (χ4v) is 2.63. The third-order valence-corrected chi connectivity index (χ3v) is 3.85. The topological polar surface area (TPSA) is 39.4 Å². The van der Waals surface area contributed by atoms with Gasteiger partial charge in [-0.1, -0.05) is 43.2 Å². The molecule has 0 bridgehead atoms. The molecule has 23 heavy (non-hydrogen) atoms. The van der Waals surface area contributed by atoms with Gasteiger partial charge in [-0.25, -0.2) is 4.79 Å². The van der Waals surface area contributed by atoms with Crippen LogP contribution in [-0.2, 0) is 13.0 Å². The standard InChI is InChI=1S/C20H20O3/c1-3-4-16-11-20(21)23-19-12-17(9-10-18(16)19)22-13-15-7-5-14(2)6-8-15/h5-12H,3-4,13H2,1-2H3. The van der Waals surface area contributed by atoms with Gasteiger partial charge in [0.05, 0.1) is 0 Å². The number of hydrogen-bond acceptors (Lipinski definition) is 3. The highest BCUT2D eigenvalue weighted by molar-refractivity contribution is 5.81. The van der Waals surface area contributed by atoms with E-state index < -0.39 is 0 Å². The minimum absolute atomic E-state index is 0.309. The largest absolute Gasteiger partial charge is 0.489 e. The SMILES string of the molecule is CCCc1cc(=O)oc2cc(OCc3ccc(C)cc3)ccc12. The van der Waals surface area contributed by atoms with Gasteiger partial charge in [-0.2, -0.15) is 0 Å². The highest BCUT2D eigenvalue weighted by Gasteiger charge is 2.07. The van der Waals surface area contributed by atoms with Crippen LogP contribution in [-0.4, -0.2) is 0 Å². The number of fused-ring (bicyclic) bond motifs is 1. The van der Waals surface area contributed by atoms with Gasteiger partial charge in [0.1, 0.15) is 17.9 Å². The van der Waals surface area contributed by atoms with Crippen molar-refractivity contribution in [3.05, 3.63) is 75.6 Å². The Morgan fingerprint density at radius 3 is 2.57 bits per heavy atom. The van der Waals surface area contributed by atoms with Gasteiger partial charge >= 0.3 is 5.63 Å². The molecule has 0 amide bonds. The van der Waals surface area contributed by atoms with Gasteiger partial charge in [-0.3, -0.25) is 0 Å². The molecule has 3 aromatic rings. The van der Waals surface area contributed by atoms with E-state index in [2.05, 4.69) is 38.1 Å². The van der Waals surface area contributed by atoms with E-state index >= 15 is 0 Å². The molecule has 2 aromatic carbocycles. The lowest BCUT2D eigenvalue weighted by atomic mass is 10.1. The normalized spacial score (nSPS) is 10.9. The number of rotatable bonds is 5. The Morgan fingerprint density at radius 2 is 1.83 bits per heavy atom. The van der Waals surface area contributed by atoms with Crippen LogP contribution in [0.1, 0.15) is 30.0 Å². The number of benzene rings is 2. The molecule has 0 aliphatic rings. The second-order valence-corrected chi connectivity index (χ2v) is 5.77. The molecule has 0 unspecified atom stereocenters. The lowest BCUT2D eigenvalue weighted by molar-refractivity contribution is 0.306. The summed E-state index contributed by atoms with van der Waals surface area (Å²) in [6, 6.07) is 15.5. The predicted octanol–water partition coefficient (Wildman–Crippen LogP) is 4.63. The predicted molar refractivity (Wildman–Crippen MR) is 92.0 cm³/mol. The zero-order chi connectivity index (χ0) is 16.2. The fraction of sp³-hybridized carbons (Fsp3) is 0.250. The highest BCUT2D eigenvalue weighted by Crippen LogP contribution is 2.24. The van der Waals surface area contributed by atoms with Crippen LogP contribution in [0.3, 0.4) is 0 Å². The zero-order valence-electron chi connectivity index (χ0n) is 13.5. The van der Waals surface area contributed by atoms with Crippen LogP contribution < -0.4 is 10.4 Å². The van der Waals surface area contributed by atoms with Crippen LogP contribution in [0.5, 0.6) is 5.75 Å². The Bertz CT molecular complexity index is 860. The molecule has 0 saturated heterocycles. The van der Waals surface area contributed by atoms with Crippen LogP contribution in [0.25, 0.3) is 11.0 Å². The Morgan fingerprint density at radius 1 is 1.04 bits per heavy atom. The van der Waals surface area contributed by atoms with Gasteiger partial charge in [0.25, 0.3) is 0 Å². The molecule has 118 valence electrons. The van der Waals surface area contributed by atoms with Crippen molar-refractivity contribution in [1.29, 1.82) is 0 Å². The maximum atomic E-state index is 11.7. The molecular formula is C20H20O3. The van der Waals surface area contributed by atoms with Crippen molar-refractivity contribution in [2.75, 3.05) is 0 Å². The van der Waals surface area contributed by atoms with Crippen molar-refractivity contribution in [2.45, 2.75) is 33.3 Å². The van der Waals surface area contributed by atoms with E-state index in [1.807, 2.05) is 12.1 Å². The van der Waals surface area contributed by atoms with Gasteiger partial charge in [-0.05, 0) is 36.6 Å². The maximum absolute atomic E-state index is 11.7. The molecule has 0 spiro atoms. The average molecular weight is 308 g/mol. The third-order valence-electron chi connectivity index (χ3n) is 3.85. The Labute approximate surface area is 135 Å². The fourth-order valence-electron chi connectivity index (χ4n) is 2.63. The number of ether oxygens (including phenoxy) is 1. The van der Waals surface area contributed by atoms with Crippen LogP contribution in [0.4, 0.5) is 0 Å². The maximum Gasteiger partial charge on any atom is 0.336 e. The summed E-state index contributed by atoms with van der Waals surface area (Å²) in [6.07, 6.45) is 1.86. The summed E-state index contributed by atoms with van der Waals surface area (Å²) in [6.45, 7) is 4.65. The molecule has 3 heteroatoms. The van der Waals surface area contributed by atoms with Gasteiger partial charge in [-0.15, -0.1) is 0 Å². The summed E-state index contributed by atoms with van der Waals surface area (Å²) in [5, 5.41) is 0.981. The molecular weight excluding hydrogens is 288 g/mol. The van der Waals surface area contributed by atoms with Crippen molar-refractivity contribution < 1.29 is 9.15 Å². The Kier molecular flexibility index (Phi) is 4.47. The lowest BCUT2D eigenvalue weighted by Crippen LogP contribution is -2.01. The summed E-state index contributed by atoms with van der Waals surface area (Å²) in [5.41, 5.74) is 3.64. The van der Waals surface area contributed by atoms with E-state index in [1.165, 1.54) is 5.56 Å². The highest BCUT2D eigenvalue weighted by atomic mass is 16.5. The molecule has 0 atom stereocenters. The first-order chi connectivity index (χ1) is 11.2. The minimum Gasteiger partial charge on any atom is -0.489 e. The van der Waals surface area contributed by atoms with Gasteiger partial charge in [0, 0.05) is 17.5 Å². The summed E-state index contributed by atoms with van der Waals surface area (Å²) >= 11 is 0. The molecule has 1 heterocycles. The first kappa shape index (κ1) is 15.3. The number of hydrogen-bond donors (Lipinski definition) is 0. The zero-order valence-corrected chi connectivity index (χ0v) is 13.5. The monoisotopic (exact) mass is 308 g/mol. The van der Waals surface area contributed by atoms with E-state index in [9.17, 15) is 4.79 Å². The van der Waals surface area contributed by atoms with E-state index in [1.54, 1.807) is 12.1 Å². The second-order valence-electron chi connectivity index (χ2n) is 5.77. The van der Waals surface area contributed by atoms with Crippen molar-refractivity contribution in [3.63, 3.8) is 0 Å². The molecule has 3 nitrogen and oxygen atoms in total. The van der Waals surface area contributed by atoms with E-state index in [0.717, 1.165) is 29.4 Å². The van der Waals surface area contributed by atoms with Gasteiger partial charge in [0.2, 0.25) is 0 Å². The molecule has 1 aromatic heterocycles. The Hall–Kier alpha value is -2.55. The molecule has 3 rings (SSSR count). The van der Waals surface area contributed by atoms with Crippen molar-refractivity contribution >= 4 is 11.0 Å². The van der Waals surface area contributed by atoms with Gasteiger partial charge < -0.3 is 9.15 Å². The molecule has 0 aliphatic carbocycles. The molecule has 0 radical (unpaired) electrons. The first-order valence-corrected chi connectivity index (χ1v) is 7.91. The van der Waals surface area contributed by atoms with E-state index in [4.69, 9.17) is 9.15 Å². The van der Waals surface area contributed by atoms with Crippen molar-refractivity contribution in [3.8, 4) is 5.75 Å². The van der Waals surface area contributed by atoms with E-state index in [-0.39, 0.29) is 5.63 Å². The summed E-state index contributed by atoms with van der Waals surface area (Å²) in [5.74, 6) is 0.704. The second kappa shape index (κ2) is 6.69. The van der Waals surface area contributed by atoms with Gasteiger partial charge in [0.15, 0.2) is 0 Å². The Balaban J connectivity index is 1.85. The van der Waals surface area contributed by atoms with Crippen LogP contribution >= 0.6 is 0 Å². The quantitative estimate of drug-likeness (QED) is 0.645. The van der Waals surface area contributed by atoms with Crippen molar-refractivity contribution in [1.82, 2.24) is 0 Å². The molecule has 0 saturated carbocycles. The molecule has 0 N–H and O–H groups in total. The van der Waals surface area contributed by atoms with Crippen LogP contribution in [0, 0.1) is 6.92 Å². The summed E-state index contributed by atoms with van der Waals surface area (Å²) in [4.78, 5) is 11.7. The molecule has 0 aliphatic heterocycles. The first-order valence-electron chi connectivity index (χ1n) is 7.91. The number of aryl methyl sites for hydroxylation is 2. The minimum atomic E-state index is -0.309.